The van der Waals surface area contributed by atoms with Crippen molar-refractivity contribution in [2.45, 2.75) is 134 Å². The van der Waals surface area contributed by atoms with Gasteiger partial charge in [0.15, 0.2) is 11.6 Å². The van der Waals surface area contributed by atoms with Crippen LogP contribution in [-0.4, -0.2) is 175 Å². The van der Waals surface area contributed by atoms with Crippen LogP contribution in [0.4, 0.5) is 20.4 Å². The molecule has 5 fully saturated rings. The molecule has 18 nitrogen and oxygen atoms in total. The number of likely N-dealkylation sites (tertiary alicyclic amines) is 2. The molecule has 5 N–H and O–H groups in total. The molecular formula is C63H78F2N12O6S. The Hall–Kier alpha value is -6.46. The minimum Gasteiger partial charge on any atom is -0.508 e. The number of thiazole rings is 1. The lowest BCUT2D eigenvalue weighted by Gasteiger charge is -2.44. The Bertz CT molecular complexity index is 3480. The van der Waals surface area contributed by atoms with Gasteiger partial charge in [0.2, 0.25) is 5.91 Å². The Labute approximate surface area is 493 Å². The summed E-state index contributed by atoms with van der Waals surface area (Å²) in [4.78, 5) is 44.2. The molecular weight excluding hydrogens is 1090 g/mol. The maximum absolute atomic E-state index is 17.2. The number of amides is 1. The fraction of sp³-hybridized carbons (Fsp3) is 0.524. The van der Waals surface area contributed by atoms with Crippen LogP contribution in [0.3, 0.4) is 0 Å². The number of halogens is 2. The number of β-amino-alcohol motifs (C(OH)–C–C–N with tert-alkyl or cyclic N) is 1. The van der Waals surface area contributed by atoms with Gasteiger partial charge in [-0.15, -0.1) is 11.3 Å². The van der Waals surface area contributed by atoms with Gasteiger partial charge in [-0.3, -0.25) is 24.5 Å². The Kier molecular flexibility index (Phi) is 16.6. The van der Waals surface area contributed by atoms with Gasteiger partial charge in [-0.25, -0.2) is 13.8 Å². The average Bonchev–Trinajstić information content (AvgIpc) is 1.52. The number of aliphatic hydroxyl groups excluding tert-OH is 2. The number of nitrogens with zero attached hydrogens (tertiary/aromatic N) is 10. The Balaban J connectivity index is 0.651. The number of alkyl halides is 1. The third-order valence-electron chi connectivity index (χ3n) is 18.4. The van der Waals surface area contributed by atoms with Gasteiger partial charge >= 0.3 is 6.01 Å². The van der Waals surface area contributed by atoms with E-state index in [0.717, 1.165) is 57.3 Å². The number of ether oxygens (including phenoxy) is 1. The van der Waals surface area contributed by atoms with E-state index in [0.29, 0.717) is 112 Å². The molecule has 1 amide bonds. The van der Waals surface area contributed by atoms with Gasteiger partial charge in [0, 0.05) is 101 Å². The van der Waals surface area contributed by atoms with Crippen molar-refractivity contribution < 1.29 is 38.2 Å². The molecule has 0 saturated carbocycles. The third kappa shape index (κ3) is 11.8. The van der Waals surface area contributed by atoms with Gasteiger partial charge in [-0.05, 0) is 105 Å². The van der Waals surface area contributed by atoms with Gasteiger partial charge in [0.05, 0.1) is 45.6 Å². The summed E-state index contributed by atoms with van der Waals surface area (Å²) in [6.07, 6.45) is 3.50. The zero-order chi connectivity index (χ0) is 58.6. The van der Waals surface area contributed by atoms with E-state index in [1.54, 1.807) is 34.6 Å². The molecule has 12 rings (SSSR count). The average molecular weight is 1170 g/mol. The van der Waals surface area contributed by atoms with Gasteiger partial charge in [0.25, 0.3) is 0 Å². The predicted octanol–water partition coefficient (Wildman–Crippen LogP) is 8.38. The maximum atomic E-state index is 17.2. The summed E-state index contributed by atoms with van der Waals surface area (Å²) in [6, 6.07) is 18.7. The standard InChI is InChI=1S/C63H78F2N12O6S/c1-7-40-9-8-10-43-25-46(78)26-48(54(40)43)56-55(64)57-49(29-66-56)59(75-31-44-15-16-45(32-75)69-44)71-62(70-57)82-24-23-73-19-17-63(65,18-20-73)34-74-21-22-76(37(4)30-74)52-28-51(83-72-52)53(36(2)3)61(81)77-33-47(79)27-50(77)60(80)68-38(5)41-11-13-42(14-12-41)58-39(6)67-35-84-58/h8-14,25-26,28-29,35-38,44-45,47,50,53,61,69,78-79,81H,7,15-24,27,30-34H2,1-6H3,(H,68,80)/t37-,38+,44?,45?,47-,50+,53+,61?/m1/s1. The number of fused-ring (bicyclic) bond motifs is 4. The number of aliphatic hydroxyl groups is 2. The number of piperidine rings is 1. The molecule has 2 bridgehead atoms. The first kappa shape index (κ1) is 57.9. The Morgan fingerprint density at radius 1 is 0.976 bits per heavy atom. The van der Waals surface area contributed by atoms with Crippen LogP contribution in [0.15, 0.2) is 76.9 Å². The van der Waals surface area contributed by atoms with Crippen LogP contribution in [0.5, 0.6) is 11.8 Å². The zero-order valence-corrected chi connectivity index (χ0v) is 49.7. The van der Waals surface area contributed by atoms with Crippen LogP contribution in [0.2, 0.25) is 0 Å². The van der Waals surface area contributed by atoms with Gasteiger partial charge in [0.1, 0.15) is 47.0 Å². The molecule has 21 heteroatoms. The van der Waals surface area contributed by atoms with E-state index in [1.807, 2.05) is 81.7 Å². The molecule has 9 heterocycles. The Morgan fingerprint density at radius 3 is 2.46 bits per heavy atom. The normalized spacial score (nSPS) is 23.4. The van der Waals surface area contributed by atoms with E-state index in [4.69, 9.17) is 24.2 Å². The van der Waals surface area contributed by atoms with E-state index in [1.165, 1.54) is 0 Å². The fourth-order valence-corrected chi connectivity index (χ4v) is 14.7. The van der Waals surface area contributed by atoms with Crippen LogP contribution in [0.1, 0.15) is 101 Å². The summed E-state index contributed by atoms with van der Waals surface area (Å²) in [5.41, 5.74) is 5.18. The smallest absolute Gasteiger partial charge is 0.319 e. The highest BCUT2D eigenvalue weighted by Crippen LogP contribution is 2.41. The number of anilines is 2. The summed E-state index contributed by atoms with van der Waals surface area (Å²) in [7, 11) is 0. The monoisotopic (exact) mass is 1170 g/mol. The zero-order valence-electron chi connectivity index (χ0n) is 48.8. The van der Waals surface area contributed by atoms with Gasteiger partial charge in [-0.1, -0.05) is 68.4 Å². The summed E-state index contributed by atoms with van der Waals surface area (Å²) in [6.45, 7) is 17.7. The molecule has 0 spiro atoms. The molecule has 5 saturated heterocycles. The topological polar surface area (TPSA) is 205 Å². The first-order valence-corrected chi connectivity index (χ1v) is 30.9. The van der Waals surface area contributed by atoms with E-state index >= 15 is 8.78 Å². The number of hydrogen-bond donors (Lipinski definition) is 5. The molecule has 7 aromatic rings. The highest BCUT2D eigenvalue weighted by molar-refractivity contribution is 7.13. The number of phenols is 1. The Morgan fingerprint density at radius 2 is 1.75 bits per heavy atom. The summed E-state index contributed by atoms with van der Waals surface area (Å²) in [5, 5.41) is 47.2. The number of aromatic nitrogens is 5. The van der Waals surface area contributed by atoms with E-state index in [2.05, 4.69) is 54.2 Å². The van der Waals surface area contributed by atoms with Crippen LogP contribution < -0.4 is 25.2 Å². The van der Waals surface area contributed by atoms with Crippen molar-refractivity contribution in [1.29, 1.82) is 0 Å². The minimum absolute atomic E-state index is 0.00630. The second-order valence-corrected chi connectivity index (χ2v) is 25.4. The molecule has 5 aliphatic rings. The van der Waals surface area contributed by atoms with Crippen LogP contribution in [-0.2, 0) is 11.2 Å². The molecule has 0 aliphatic carbocycles. The summed E-state index contributed by atoms with van der Waals surface area (Å²) >= 11 is 1.59. The van der Waals surface area contributed by atoms with Crippen molar-refractivity contribution in [1.82, 2.24) is 50.4 Å². The lowest BCUT2D eigenvalue weighted by Crippen LogP contribution is -2.56. The number of piperazine rings is 2. The second kappa shape index (κ2) is 24.1. The first-order valence-electron chi connectivity index (χ1n) is 30.0. The SMILES string of the molecule is CCc1cccc2cc(O)cc(-c3ncc4c(N5CC6CCC(C5)N6)nc(OCCN5CCC(F)(CN6CCN(c7cc([C@H](C(C)C)C(O)N8C[C@H](O)C[C@H]8C(=O)N[C@@H](C)c8ccc(-c9scnc9C)cc8)on7)[C@H](C)C6)CC5)nc4c3F)c12. The lowest BCUT2D eigenvalue weighted by atomic mass is 9.90. The highest BCUT2D eigenvalue weighted by atomic mass is 32.1. The van der Waals surface area contributed by atoms with Gasteiger partial charge in [-0.2, -0.15) is 9.97 Å². The number of pyridine rings is 1. The van der Waals surface area contributed by atoms with E-state index < -0.39 is 35.8 Å². The molecule has 8 atom stereocenters. The minimum atomic E-state index is -1.37. The van der Waals surface area contributed by atoms with E-state index in [-0.39, 0.29) is 66.5 Å². The number of aromatic hydroxyl groups is 1. The van der Waals surface area contributed by atoms with Crippen molar-refractivity contribution in [3.63, 3.8) is 0 Å². The van der Waals surface area contributed by atoms with Crippen molar-refractivity contribution in [2.24, 2.45) is 5.92 Å². The number of rotatable bonds is 18. The van der Waals surface area contributed by atoms with Crippen LogP contribution >= 0.6 is 11.3 Å². The van der Waals surface area contributed by atoms with Crippen molar-refractivity contribution in [3.8, 4) is 33.5 Å². The maximum Gasteiger partial charge on any atom is 0.319 e. The quantitative estimate of drug-likeness (QED) is 0.0547. The number of nitrogens with one attached hydrogen (secondary N) is 2. The molecule has 4 aromatic heterocycles. The second-order valence-electron chi connectivity index (χ2n) is 24.5. The molecule has 3 aromatic carbocycles. The van der Waals surface area contributed by atoms with Crippen LogP contribution in [0.25, 0.3) is 43.4 Å². The number of aryl methyl sites for hydroxylation is 2. The largest absolute Gasteiger partial charge is 0.508 e. The van der Waals surface area contributed by atoms with Crippen molar-refractivity contribution >= 4 is 50.6 Å². The lowest BCUT2D eigenvalue weighted by molar-refractivity contribution is -0.131. The molecule has 446 valence electrons. The number of phenolic OH excluding ortho intramolecular Hbond substituents is 1. The number of carbonyl (C=O) groups is 1. The first-order chi connectivity index (χ1) is 40.5. The number of carbonyl (C=O) groups excluding carboxylic acids is 1. The predicted molar refractivity (Wildman–Crippen MR) is 322 cm³/mol. The summed E-state index contributed by atoms with van der Waals surface area (Å²) in [5.74, 6) is 0.222. The number of hydrogen-bond acceptors (Lipinski definition) is 18. The fourth-order valence-electron chi connectivity index (χ4n) is 13.9. The molecule has 84 heavy (non-hydrogen) atoms. The van der Waals surface area contributed by atoms with Crippen molar-refractivity contribution in [2.75, 3.05) is 81.9 Å². The van der Waals surface area contributed by atoms with E-state index in [9.17, 15) is 20.1 Å². The third-order valence-corrected chi connectivity index (χ3v) is 19.3. The van der Waals surface area contributed by atoms with Gasteiger partial charge < -0.3 is 45.0 Å². The summed E-state index contributed by atoms with van der Waals surface area (Å²) < 4.78 is 46.3. The molecule has 3 unspecified atom stereocenters. The van der Waals surface area contributed by atoms with Crippen molar-refractivity contribution in [3.05, 3.63) is 101 Å². The number of benzene rings is 3. The van der Waals surface area contributed by atoms with Crippen LogP contribution in [0, 0.1) is 18.7 Å². The molecule has 0 radical (unpaired) electrons. The molecule has 5 aliphatic heterocycles. The highest BCUT2D eigenvalue weighted by Gasteiger charge is 2.45.